The van der Waals surface area contributed by atoms with Crippen LogP contribution in [-0.4, -0.2) is 67.3 Å². The number of nitriles is 1. The third kappa shape index (κ3) is 8.19. The molecule has 0 unspecified atom stereocenters. The van der Waals surface area contributed by atoms with Crippen molar-refractivity contribution in [3.05, 3.63) is 54.1 Å². The molecule has 2 aromatic rings. The van der Waals surface area contributed by atoms with Crippen molar-refractivity contribution >= 4 is 23.5 Å². The zero-order valence-electron chi connectivity index (χ0n) is 21.9. The molecule has 40 heavy (non-hydrogen) atoms. The van der Waals surface area contributed by atoms with Gasteiger partial charge in [0, 0.05) is 37.4 Å². The lowest BCUT2D eigenvalue weighted by atomic mass is 9.80. The summed E-state index contributed by atoms with van der Waals surface area (Å²) < 4.78 is 31.7. The fourth-order valence-electron chi connectivity index (χ4n) is 4.74. The van der Waals surface area contributed by atoms with Gasteiger partial charge in [-0.15, -0.1) is 0 Å². The number of nitrogens with zero attached hydrogens (tertiary/aromatic N) is 2. The highest BCUT2D eigenvalue weighted by atomic mass is 19.4. The Morgan fingerprint density at radius 1 is 0.950 bits per heavy atom. The molecule has 0 radical (unpaired) electrons. The fourth-order valence-corrected chi connectivity index (χ4v) is 4.74. The second-order valence-electron chi connectivity index (χ2n) is 9.60. The molecule has 1 aliphatic carbocycles. The number of carboxylic acid groups (broad SMARTS) is 1. The van der Waals surface area contributed by atoms with Crippen molar-refractivity contribution in [2.24, 2.45) is 0 Å². The smallest absolute Gasteiger partial charge is 0.475 e. The minimum atomic E-state index is -5.08. The molecule has 9 nitrogen and oxygen atoms in total. The minimum absolute atomic E-state index is 0.0570. The van der Waals surface area contributed by atoms with Gasteiger partial charge in [-0.05, 0) is 48.2 Å². The molecule has 0 aromatic heterocycles. The Bertz CT molecular complexity index is 1200. The number of carbonyl (C=O) groups excluding carboxylic acids is 2. The molecule has 2 amide bonds. The number of carbonyl (C=O) groups is 3. The Kier molecular flexibility index (Phi) is 10.5. The summed E-state index contributed by atoms with van der Waals surface area (Å²) in [6.07, 6.45) is -1.10. The molecular formula is C28H32F3N5O4. The third-order valence-corrected chi connectivity index (χ3v) is 6.89. The van der Waals surface area contributed by atoms with Gasteiger partial charge in [0.15, 0.2) is 0 Å². The van der Waals surface area contributed by atoms with E-state index in [1.54, 1.807) is 12.1 Å². The molecule has 2 fully saturated rings. The molecule has 2 aromatic carbocycles. The van der Waals surface area contributed by atoms with Crippen LogP contribution in [0.15, 0.2) is 48.5 Å². The second kappa shape index (κ2) is 13.8. The number of alkyl halides is 3. The molecule has 0 spiro atoms. The lowest BCUT2D eigenvalue weighted by Crippen LogP contribution is -2.59. The quantitative estimate of drug-likeness (QED) is 0.398. The number of hydrogen-bond acceptors (Lipinski definition) is 6. The lowest BCUT2D eigenvalue weighted by Gasteiger charge is -2.36. The summed E-state index contributed by atoms with van der Waals surface area (Å²) in [7, 11) is 0. The number of halogens is 3. The van der Waals surface area contributed by atoms with E-state index in [4.69, 9.17) is 15.2 Å². The van der Waals surface area contributed by atoms with Crippen molar-refractivity contribution in [1.29, 1.82) is 5.26 Å². The first-order valence-electron chi connectivity index (χ1n) is 13.0. The van der Waals surface area contributed by atoms with Crippen LogP contribution in [0.4, 0.5) is 18.9 Å². The summed E-state index contributed by atoms with van der Waals surface area (Å²) in [6, 6.07) is 17.9. The monoisotopic (exact) mass is 559 g/mol. The number of aliphatic carboxylic acids is 1. The van der Waals surface area contributed by atoms with E-state index in [1.807, 2.05) is 18.2 Å². The number of hydrogen-bond donors (Lipinski definition) is 4. The van der Waals surface area contributed by atoms with Crippen LogP contribution >= 0.6 is 0 Å². The summed E-state index contributed by atoms with van der Waals surface area (Å²) >= 11 is 0. The van der Waals surface area contributed by atoms with Crippen molar-refractivity contribution in [2.75, 3.05) is 37.6 Å². The molecule has 0 bridgehead atoms. The first-order chi connectivity index (χ1) is 19.1. The Morgan fingerprint density at radius 3 is 1.98 bits per heavy atom. The zero-order valence-corrected chi connectivity index (χ0v) is 21.9. The van der Waals surface area contributed by atoms with E-state index in [0.717, 1.165) is 56.6 Å². The van der Waals surface area contributed by atoms with Crippen molar-refractivity contribution in [2.45, 2.75) is 43.8 Å². The topological polar surface area (TPSA) is 135 Å². The van der Waals surface area contributed by atoms with E-state index < -0.39 is 17.7 Å². The van der Waals surface area contributed by atoms with Gasteiger partial charge in [-0.25, -0.2) is 4.79 Å². The molecular weight excluding hydrogens is 527 g/mol. The molecule has 0 atom stereocenters. The van der Waals surface area contributed by atoms with Gasteiger partial charge in [0.2, 0.25) is 5.91 Å². The number of carboxylic acids is 1. The number of nitrogens with one attached hydrogen (secondary N) is 3. The number of amides is 2. The predicted octanol–water partition coefficient (Wildman–Crippen LogP) is 3.47. The van der Waals surface area contributed by atoms with Crippen LogP contribution < -0.4 is 20.9 Å². The zero-order chi connectivity index (χ0) is 29.2. The first-order valence-corrected chi connectivity index (χ1v) is 13.0. The van der Waals surface area contributed by atoms with Gasteiger partial charge >= 0.3 is 12.1 Å². The third-order valence-electron chi connectivity index (χ3n) is 6.89. The Balaban J connectivity index is 0.000000559. The van der Waals surface area contributed by atoms with Crippen LogP contribution in [0.1, 0.15) is 42.5 Å². The first kappa shape index (κ1) is 30.4. The van der Waals surface area contributed by atoms with E-state index >= 15 is 0 Å². The van der Waals surface area contributed by atoms with Gasteiger partial charge in [0.1, 0.15) is 12.1 Å². The summed E-state index contributed by atoms with van der Waals surface area (Å²) in [5, 5.41) is 24.9. The van der Waals surface area contributed by atoms with E-state index in [-0.39, 0.29) is 18.4 Å². The Morgan fingerprint density at radius 2 is 1.48 bits per heavy atom. The largest absolute Gasteiger partial charge is 0.490 e. The highest BCUT2D eigenvalue weighted by Crippen LogP contribution is 2.29. The normalized spacial score (nSPS) is 16.5. The number of rotatable bonds is 6. The highest BCUT2D eigenvalue weighted by Gasteiger charge is 2.41. The van der Waals surface area contributed by atoms with Gasteiger partial charge in [-0.1, -0.05) is 43.5 Å². The Labute approximate surface area is 230 Å². The number of benzene rings is 2. The average Bonchev–Trinajstić information content (AvgIpc) is 2.97. The summed E-state index contributed by atoms with van der Waals surface area (Å²) in [6.45, 7) is 3.98. The maximum absolute atomic E-state index is 13.0. The average molecular weight is 560 g/mol. The SMILES string of the molecule is N#CCNC(=O)C1(NC(=O)c2ccc(-c3ccc(N4CCNCC4)cc3)cc2)CCCCC1.O=C(O)C(F)(F)F. The second-order valence-corrected chi connectivity index (χ2v) is 9.60. The molecule has 214 valence electrons. The van der Waals surface area contributed by atoms with Crippen LogP contribution in [0.3, 0.4) is 0 Å². The van der Waals surface area contributed by atoms with Gasteiger partial charge < -0.3 is 26.0 Å². The lowest BCUT2D eigenvalue weighted by molar-refractivity contribution is -0.192. The van der Waals surface area contributed by atoms with Crippen molar-refractivity contribution in [1.82, 2.24) is 16.0 Å². The van der Waals surface area contributed by atoms with E-state index in [1.165, 1.54) is 5.69 Å². The maximum atomic E-state index is 13.0. The predicted molar refractivity (Wildman–Crippen MR) is 143 cm³/mol. The molecule has 1 heterocycles. The summed E-state index contributed by atoms with van der Waals surface area (Å²) in [4.78, 5) is 37.0. The van der Waals surface area contributed by atoms with Gasteiger partial charge in [-0.2, -0.15) is 18.4 Å². The minimum Gasteiger partial charge on any atom is -0.475 e. The summed E-state index contributed by atoms with van der Waals surface area (Å²) in [5.74, 6) is -3.28. The van der Waals surface area contributed by atoms with Crippen LogP contribution in [0.2, 0.25) is 0 Å². The molecule has 1 aliphatic heterocycles. The van der Waals surface area contributed by atoms with Crippen molar-refractivity contribution < 1.29 is 32.7 Å². The Hall–Kier alpha value is -4.11. The van der Waals surface area contributed by atoms with Gasteiger partial charge in [-0.3, -0.25) is 9.59 Å². The van der Waals surface area contributed by atoms with E-state index in [0.29, 0.717) is 18.4 Å². The van der Waals surface area contributed by atoms with Crippen LogP contribution in [-0.2, 0) is 9.59 Å². The van der Waals surface area contributed by atoms with Crippen molar-refractivity contribution in [3.63, 3.8) is 0 Å². The maximum Gasteiger partial charge on any atom is 0.490 e. The van der Waals surface area contributed by atoms with E-state index in [9.17, 15) is 22.8 Å². The van der Waals surface area contributed by atoms with E-state index in [2.05, 4.69) is 45.1 Å². The molecule has 12 heteroatoms. The fraction of sp³-hybridized carbons (Fsp3) is 0.429. The van der Waals surface area contributed by atoms with Crippen molar-refractivity contribution in [3.8, 4) is 17.2 Å². The molecule has 1 saturated carbocycles. The van der Waals surface area contributed by atoms with Gasteiger partial charge in [0.05, 0.1) is 6.07 Å². The summed E-state index contributed by atoms with van der Waals surface area (Å²) in [5.41, 5.74) is 2.95. The number of anilines is 1. The molecule has 1 saturated heterocycles. The molecule has 4 rings (SSSR count). The standard InChI is InChI=1S/C26H31N5O2.C2HF3O2/c27-14-15-29-25(33)26(12-2-1-3-13-26)30-24(32)22-6-4-20(5-7-22)21-8-10-23(11-9-21)31-18-16-28-17-19-31;3-2(4,5)1(6)7/h4-11,28H,1-3,12-13,15-19H2,(H,29,33)(H,30,32);(H,6,7). The van der Waals surface area contributed by atoms with Gasteiger partial charge in [0.25, 0.3) is 5.91 Å². The van der Waals surface area contributed by atoms with Crippen LogP contribution in [0.25, 0.3) is 11.1 Å². The molecule has 2 aliphatic rings. The van der Waals surface area contributed by atoms with Crippen LogP contribution in [0, 0.1) is 11.3 Å². The van der Waals surface area contributed by atoms with Crippen LogP contribution in [0.5, 0.6) is 0 Å². The highest BCUT2D eigenvalue weighted by molar-refractivity contribution is 5.99. The number of piperazine rings is 1. The molecule has 4 N–H and O–H groups in total.